The number of amides is 1. The van der Waals surface area contributed by atoms with Crippen LogP contribution in [0.5, 0.6) is 5.75 Å². The number of nitrogens with two attached hydrogens (primary N) is 1. The van der Waals surface area contributed by atoms with Crippen molar-refractivity contribution in [1.82, 2.24) is 10.3 Å². The van der Waals surface area contributed by atoms with E-state index in [0.717, 1.165) is 6.07 Å². The second-order valence-corrected chi connectivity index (χ2v) is 7.36. The van der Waals surface area contributed by atoms with Crippen LogP contribution < -0.4 is 21.3 Å². The number of ether oxygens (including phenoxy) is 1. The number of rotatable bonds is 7. The second kappa shape index (κ2) is 10.2. The fourth-order valence-electron chi connectivity index (χ4n) is 3.53. The number of hydrogen-bond donors (Lipinski definition) is 3. The van der Waals surface area contributed by atoms with Gasteiger partial charge in [-0.1, -0.05) is 18.2 Å². The largest absolute Gasteiger partial charge is 0.496 e. The van der Waals surface area contributed by atoms with Gasteiger partial charge in [0, 0.05) is 36.0 Å². The second-order valence-electron chi connectivity index (χ2n) is 7.36. The molecule has 1 atom stereocenters. The SMILES string of the molecule is CNC(=O)c1cc(OC)c(-c2cc[nH]c(=O)c2)cc1C(N)=N[C@H](C)c1cccc(C(F)F)c1F. The minimum absolute atomic E-state index is 0.0643. The molecule has 0 aliphatic rings. The molecule has 34 heavy (non-hydrogen) atoms. The van der Waals surface area contributed by atoms with Crippen molar-refractivity contribution in [1.29, 1.82) is 0 Å². The summed E-state index contributed by atoms with van der Waals surface area (Å²) in [5.74, 6) is -1.36. The van der Waals surface area contributed by atoms with Crippen molar-refractivity contribution in [2.75, 3.05) is 14.2 Å². The third-order valence-electron chi connectivity index (χ3n) is 5.25. The predicted molar refractivity (Wildman–Crippen MR) is 123 cm³/mol. The van der Waals surface area contributed by atoms with Crippen LogP contribution in [0.1, 0.15) is 46.4 Å². The Labute approximate surface area is 193 Å². The Bertz CT molecular complexity index is 1300. The Balaban J connectivity index is 2.17. The van der Waals surface area contributed by atoms with Crippen LogP contribution in [-0.4, -0.2) is 30.9 Å². The number of H-pyrrole nitrogens is 1. The van der Waals surface area contributed by atoms with E-state index in [9.17, 15) is 22.8 Å². The number of amidine groups is 1. The molecule has 10 heteroatoms. The molecule has 0 saturated heterocycles. The van der Waals surface area contributed by atoms with Gasteiger partial charge in [0.2, 0.25) is 5.56 Å². The number of alkyl halides is 2. The zero-order valence-electron chi connectivity index (χ0n) is 18.7. The lowest BCUT2D eigenvalue weighted by atomic mass is 9.97. The predicted octanol–water partition coefficient (Wildman–Crippen LogP) is 3.95. The molecule has 0 bridgehead atoms. The number of halogens is 3. The molecule has 0 fully saturated rings. The maximum absolute atomic E-state index is 14.6. The summed E-state index contributed by atoms with van der Waals surface area (Å²) in [7, 11) is 2.85. The highest BCUT2D eigenvalue weighted by Gasteiger charge is 2.22. The van der Waals surface area contributed by atoms with Crippen molar-refractivity contribution in [2.45, 2.75) is 19.4 Å². The lowest BCUT2D eigenvalue weighted by Gasteiger charge is -2.17. The van der Waals surface area contributed by atoms with Crippen molar-refractivity contribution >= 4 is 11.7 Å². The molecule has 2 aromatic carbocycles. The van der Waals surface area contributed by atoms with E-state index in [1.165, 1.54) is 57.6 Å². The number of aliphatic imine (C=N–C) groups is 1. The van der Waals surface area contributed by atoms with Gasteiger partial charge in [-0.25, -0.2) is 13.2 Å². The molecule has 1 aromatic heterocycles. The van der Waals surface area contributed by atoms with Crippen LogP contribution in [0.15, 0.2) is 58.4 Å². The van der Waals surface area contributed by atoms with Gasteiger partial charge < -0.3 is 20.8 Å². The third-order valence-corrected chi connectivity index (χ3v) is 5.25. The van der Waals surface area contributed by atoms with Crippen LogP contribution >= 0.6 is 0 Å². The number of nitrogens with zero attached hydrogens (tertiary/aromatic N) is 1. The first-order valence-electron chi connectivity index (χ1n) is 10.2. The Morgan fingerprint density at radius 3 is 2.47 bits per heavy atom. The fraction of sp³-hybridized carbons (Fsp3) is 0.208. The van der Waals surface area contributed by atoms with Gasteiger partial charge in [0.25, 0.3) is 12.3 Å². The van der Waals surface area contributed by atoms with Gasteiger partial charge in [-0.2, -0.15) is 0 Å². The lowest BCUT2D eigenvalue weighted by molar-refractivity contribution is 0.0962. The van der Waals surface area contributed by atoms with E-state index in [2.05, 4.69) is 15.3 Å². The van der Waals surface area contributed by atoms with E-state index in [-0.39, 0.29) is 28.1 Å². The third kappa shape index (κ3) is 4.95. The number of pyridine rings is 1. The maximum atomic E-state index is 14.6. The number of carbonyl (C=O) groups excluding carboxylic acids is 1. The van der Waals surface area contributed by atoms with E-state index in [1.807, 2.05) is 0 Å². The molecule has 3 aromatic rings. The Kier molecular flexibility index (Phi) is 7.40. The molecule has 0 unspecified atom stereocenters. The number of aromatic nitrogens is 1. The fourth-order valence-corrected chi connectivity index (χ4v) is 3.53. The van der Waals surface area contributed by atoms with Gasteiger partial charge in [0.1, 0.15) is 17.4 Å². The molecule has 0 radical (unpaired) electrons. The number of carbonyl (C=O) groups is 1. The summed E-state index contributed by atoms with van der Waals surface area (Å²) >= 11 is 0. The van der Waals surface area contributed by atoms with Crippen LogP contribution in [-0.2, 0) is 0 Å². The highest BCUT2D eigenvalue weighted by molar-refractivity contribution is 6.10. The summed E-state index contributed by atoms with van der Waals surface area (Å²) < 4.78 is 46.2. The van der Waals surface area contributed by atoms with Gasteiger partial charge in [0.05, 0.1) is 24.3 Å². The minimum atomic E-state index is -2.98. The van der Waals surface area contributed by atoms with E-state index in [4.69, 9.17) is 10.5 Å². The quantitative estimate of drug-likeness (QED) is 0.357. The summed E-state index contributed by atoms with van der Waals surface area (Å²) in [5, 5.41) is 2.51. The number of nitrogens with one attached hydrogen (secondary N) is 2. The van der Waals surface area contributed by atoms with Crippen LogP contribution in [0, 0.1) is 5.82 Å². The first kappa shape index (κ1) is 24.6. The normalized spacial score (nSPS) is 12.5. The van der Waals surface area contributed by atoms with E-state index in [0.29, 0.717) is 16.9 Å². The molecular weight excluding hydrogens is 449 g/mol. The summed E-state index contributed by atoms with van der Waals surface area (Å²) in [6, 6.07) is 8.72. The molecule has 0 spiro atoms. The van der Waals surface area contributed by atoms with Crippen molar-refractivity contribution in [3.8, 4) is 16.9 Å². The number of hydrogen-bond acceptors (Lipinski definition) is 4. The first-order valence-corrected chi connectivity index (χ1v) is 10.2. The first-order chi connectivity index (χ1) is 16.2. The molecule has 0 aliphatic carbocycles. The molecular formula is C24H23F3N4O3. The highest BCUT2D eigenvalue weighted by Crippen LogP contribution is 2.33. The van der Waals surface area contributed by atoms with Crippen molar-refractivity contribution in [3.05, 3.63) is 87.1 Å². The molecule has 4 N–H and O–H groups in total. The van der Waals surface area contributed by atoms with Gasteiger partial charge in [0.15, 0.2) is 0 Å². The smallest absolute Gasteiger partial charge is 0.266 e. The molecule has 0 saturated carbocycles. The topological polar surface area (TPSA) is 110 Å². The number of methoxy groups -OCH3 is 1. The Morgan fingerprint density at radius 1 is 1.15 bits per heavy atom. The average Bonchev–Trinajstić information content (AvgIpc) is 2.82. The summed E-state index contributed by atoms with van der Waals surface area (Å²) in [6.45, 7) is 1.50. The Hall–Kier alpha value is -4.08. The van der Waals surface area contributed by atoms with Crippen LogP contribution in [0.2, 0.25) is 0 Å². The molecule has 1 heterocycles. The average molecular weight is 472 g/mol. The van der Waals surface area contributed by atoms with E-state index >= 15 is 0 Å². The van der Waals surface area contributed by atoms with Crippen molar-refractivity contribution < 1.29 is 22.7 Å². The van der Waals surface area contributed by atoms with Crippen LogP contribution in [0.25, 0.3) is 11.1 Å². The summed E-state index contributed by atoms with van der Waals surface area (Å²) in [6.07, 6.45) is -1.52. The summed E-state index contributed by atoms with van der Waals surface area (Å²) in [5.41, 5.74) is 6.39. The van der Waals surface area contributed by atoms with Crippen molar-refractivity contribution in [2.24, 2.45) is 10.7 Å². The molecule has 7 nitrogen and oxygen atoms in total. The number of benzene rings is 2. The van der Waals surface area contributed by atoms with E-state index in [1.54, 1.807) is 6.07 Å². The monoisotopic (exact) mass is 472 g/mol. The Morgan fingerprint density at radius 2 is 1.85 bits per heavy atom. The van der Waals surface area contributed by atoms with Gasteiger partial charge in [-0.05, 0) is 30.7 Å². The van der Waals surface area contributed by atoms with Crippen LogP contribution in [0.3, 0.4) is 0 Å². The lowest BCUT2D eigenvalue weighted by Crippen LogP contribution is -2.25. The van der Waals surface area contributed by atoms with Gasteiger partial charge in [-0.15, -0.1) is 0 Å². The summed E-state index contributed by atoms with van der Waals surface area (Å²) in [4.78, 5) is 31.2. The van der Waals surface area contributed by atoms with Gasteiger partial charge >= 0.3 is 0 Å². The van der Waals surface area contributed by atoms with Crippen molar-refractivity contribution in [3.63, 3.8) is 0 Å². The van der Waals surface area contributed by atoms with Gasteiger partial charge in [-0.3, -0.25) is 14.6 Å². The zero-order valence-corrected chi connectivity index (χ0v) is 18.7. The molecule has 1 amide bonds. The molecule has 0 aliphatic heterocycles. The highest BCUT2D eigenvalue weighted by atomic mass is 19.3. The molecule has 3 rings (SSSR count). The zero-order chi connectivity index (χ0) is 25.0. The van der Waals surface area contributed by atoms with Crippen LogP contribution in [0.4, 0.5) is 13.2 Å². The molecule has 178 valence electrons. The number of aromatic amines is 1. The minimum Gasteiger partial charge on any atom is -0.496 e. The maximum Gasteiger partial charge on any atom is 0.266 e. The standard InChI is InChI=1S/C24H23F3N4O3/c1-12(14-5-4-6-15(21(14)25)22(26)27)31-23(28)17-10-16(13-7-8-30-20(32)9-13)19(34-3)11-18(17)24(33)29-2/h4-12,22H,1-3H3,(H2,28,31)(H,29,33)(H,30,32)/t12-/m1/s1. The van der Waals surface area contributed by atoms with E-state index < -0.39 is 29.8 Å².